The first kappa shape index (κ1) is 17.0. The standard InChI is InChI=1S/C18H27N3O3/c1-13-3-4-17(24-2)15(11-13)16(22)12-20-8-5-14(6-9-20)21-10-7-19-18(21)23/h3-4,11,14,16,22H,5-10,12H2,1-2H3,(H,19,23)/t16-/m1/s1. The van der Waals surface area contributed by atoms with Gasteiger partial charge in [-0.25, -0.2) is 4.79 Å². The molecule has 24 heavy (non-hydrogen) atoms. The zero-order valence-electron chi connectivity index (χ0n) is 14.5. The van der Waals surface area contributed by atoms with E-state index in [9.17, 15) is 9.90 Å². The van der Waals surface area contributed by atoms with Crippen LogP contribution in [0.1, 0.15) is 30.1 Å². The van der Waals surface area contributed by atoms with Crippen molar-refractivity contribution in [1.29, 1.82) is 0 Å². The van der Waals surface area contributed by atoms with Gasteiger partial charge in [-0.2, -0.15) is 0 Å². The van der Waals surface area contributed by atoms with Crippen molar-refractivity contribution in [2.45, 2.75) is 31.9 Å². The molecule has 0 aromatic heterocycles. The van der Waals surface area contributed by atoms with E-state index in [1.165, 1.54) is 0 Å². The van der Waals surface area contributed by atoms with Crippen LogP contribution in [0.4, 0.5) is 4.79 Å². The molecule has 3 rings (SSSR count). The maximum atomic E-state index is 11.8. The van der Waals surface area contributed by atoms with Gasteiger partial charge in [-0.15, -0.1) is 0 Å². The lowest BCUT2D eigenvalue weighted by atomic mass is 10.0. The third-order valence-corrected chi connectivity index (χ3v) is 5.06. The van der Waals surface area contributed by atoms with E-state index < -0.39 is 6.10 Å². The molecule has 2 aliphatic rings. The molecule has 132 valence electrons. The number of aliphatic hydroxyl groups excluding tert-OH is 1. The van der Waals surface area contributed by atoms with Crippen LogP contribution >= 0.6 is 0 Å². The number of aryl methyl sites for hydroxylation is 1. The topological polar surface area (TPSA) is 65.0 Å². The fourth-order valence-corrected chi connectivity index (χ4v) is 3.71. The van der Waals surface area contributed by atoms with Gasteiger partial charge < -0.3 is 25.0 Å². The van der Waals surface area contributed by atoms with E-state index in [1.807, 2.05) is 30.0 Å². The van der Waals surface area contributed by atoms with Crippen LogP contribution in [0.15, 0.2) is 18.2 Å². The summed E-state index contributed by atoms with van der Waals surface area (Å²) in [6, 6.07) is 6.28. The molecule has 0 bridgehead atoms. The molecule has 2 fully saturated rings. The molecule has 2 saturated heterocycles. The molecule has 0 radical (unpaired) electrons. The molecule has 0 unspecified atom stereocenters. The molecular weight excluding hydrogens is 306 g/mol. The zero-order chi connectivity index (χ0) is 17.1. The lowest BCUT2D eigenvalue weighted by molar-refractivity contribution is 0.0782. The molecule has 2 amide bonds. The van der Waals surface area contributed by atoms with E-state index in [-0.39, 0.29) is 6.03 Å². The molecule has 1 aromatic rings. The number of urea groups is 1. The highest BCUT2D eigenvalue weighted by molar-refractivity contribution is 5.76. The van der Waals surface area contributed by atoms with Crippen molar-refractivity contribution in [2.75, 3.05) is 39.8 Å². The first-order valence-electron chi connectivity index (χ1n) is 8.68. The van der Waals surface area contributed by atoms with Crippen molar-refractivity contribution >= 4 is 6.03 Å². The van der Waals surface area contributed by atoms with Crippen molar-refractivity contribution in [2.24, 2.45) is 0 Å². The summed E-state index contributed by atoms with van der Waals surface area (Å²) in [6.07, 6.45) is 1.36. The number of nitrogens with one attached hydrogen (secondary N) is 1. The monoisotopic (exact) mass is 333 g/mol. The summed E-state index contributed by atoms with van der Waals surface area (Å²) in [5.41, 5.74) is 1.96. The number of amides is 2. The first-order valence-corrected chi connectivity index (χ1v) is 8.68. The highest BCUT2D eigenvalue weighted by atomic mass is 16.5. The molecule has 6 heteroatoms. The smallest absolute Gasteiger partial charge is 0.317 e. The summed E-state index contributed by atoms with van der Waals surface area (Å²) >= 11 is 0. The second kappa shape index (κ2) is 7.40. The third kappa shape index (κ3) is 3.65. The molecule has 2 aliphatic heterocycles. The lowest BCUT2D eigenvalue weighted by Crippen LogP contribution is -2.46. The maximum absolute atomic E-state index is 11.8. The number of carbonyl (C=O) groups is 1. The van der Waals surface area contributed by atoms with Gasteiger partial charge in [0.25, 0.3) is 0 Å². The van der Waals surface area contributed by atoms with E-state index in [2.05, 4.69) is 10.2 Å². The van der Waals surface area contributed by atoms with Gasteiger partial charge in [-0.05, 0) is 31.9 Å². The number of rotatable bonds is 5. The predicted octanol–water partition coefficient (Wildman–Crippen LogP) is 1.53. The van der Waals surface area contributed by atoms with Gasteiger partial charge in [0.2, 0.25) is 0 Å². The number of carbonyl (C=O) groups excluding carboxylic acids is 1. The number of likely N-dealkylation sites (tertiary alicyclic amines) is 1. The van der Waals surface area contributed by atoms with Gasteiger partial charge >= 0.3 is 6.03 Å². The SMILES string of the molecule is COc1ccc(C)cc1[C@H](O)CN1CCC(N2CCNC2=O)CC1. The van der Waals surface area contributed by atoms with E-state index in [0.29, 0.717) is 12.6 Å². The van der Waals surface area contributed by atoms with Crippen LogP contribution in [-0.4, -0.2) is 66.8 Å². The highest BCUT2D eigenvalue weighted by Crippen LogP contribution is 2.28. The van der Waals surface area contributed by atoms with Crippen molar-refractivity contribution < 1.29 is 14.6 Å². The molecule has 0 spiro atoms. The Balaban J connectivity index is 1.56. The Labute approximate surface area is 143 Å². The molecular formula is C18H27N3O3. The lowest BCUT2D eigenvalue weighted by Gasteiger charge is -2.37. The Morgan fingerprint density at radius 1 is 1.33 bits per heavy atom. The van der Waals surface area contributed by atoms with Gasteiger partial charge in [-0.3, -0.25) is 0 Å². The van der Waals surface area contributed by atoms with Crippen molar-refractivity contribution in [3.63, 3.8) is 0 Å². The molecule has 6 nitrogen and oxygen atoms in total. The van der Waals surface area contributed by atoms with Crippen LogP contribution in [0.2, 0.25) is 0 Å². The molecule has 1 aromatic carbocycles. The Hall–Kier alpha value is -1.79. The Kier molecular flexibility index (Phi) is 5.26. The number of β-amino-alcohol motifs (C(OH)–C–C–N with tert-alkyl or cyclic N) is 1. The number of nitrogens with zero attached hydrogens (tertiary/aromatic N) is 2. The van der Waals surface area contributed by atoms with Gasteiger partial charge in [0.15, 0.2) is 0 Å². The third-order valence-electron chi connectivity index (χ3n) is 5.06. The number of methoxy groups -OCH3 is 1. The van der Waals surface area contributed by atoms with Gasteiger partial charge in [-0.1, -0.05) is 11.6 Å². The van der Waals surface area contributed by atoms with Crippen LogP contribution in [0, 0.1) is 6.92 Å². The van der Waals surface area contributed by atoms with Crippen LogP contribution < -0.4 is 10.1 Å². The average Bonchev–Trinajstić information content (AvgIpc) is 3.01. The number of aliphatic hydroxyl groups is 1. The highest BCUT2D eigenvalue weighted by Gasteiger charge is 2.31. The van der Waals surface area contributed by atoms with Gasteiger partial charge in [0.05, 0.1) is 13.2 Å². The van der Waals surface area contributed by atoms with Crippen molar-refractivity contribution in [1.82, 2.24) is 15.1 Å². The van der Waals surface area contributed by atoms with Crippen molar-refractivity contribution in [3.05, 3.63) is 29.3 Å². The first-order chi connectivity index (χ1) is 11.6. The van der Waals surface area contributed by atoms with Crippen LogP contribution in [0.5, 0.6) is 5.75 Å². The summed E-state index contributed by atoms with van der Waals surface area (Å²) < 4.78 is 5.38. The van der Waals surface area contributed by atoms with Crippen LogP contribution in [-0.2, 0) is 0 Å². The number of ether oxygens (including phenoxy) is 1. The van der Waals surface area contributed by atoms with E-state index in [1.54, 1.807) is 7.11 Å². The number of hydrogen-bond donors (Lipinski definition) is 2. The molecule has 0 saturated carbocycles. The molecule has 0 aliphatic carbocycles. The normalized spacial score (nSPS) is 21.0. The average molecular weight is 333 g/mol. The summed E-state index contributed by atoms with van der Waals surface area (Å²) in [5, 5.41) is 13.5. The van der Waals surface area contributed by atoms with Crippen LogP contribution in [0.3, 0.4) is 0 Å². The van der Waals surface area contributed by atoms with Crippen LogP contribution in [0.25, 0.3) is 0 Å². The van der Waals surface area contributed by atoms with Crippen molar-refractivity contribution in [3.8, 4) is 5.75 Å². The number of benzene rings is 1. The minimum Gasteiger partial charge on any atom is -0.496 e. The molecule has 2 heterocycles. The predicted molar refractivity (Wildman–Crippen MR) is 92.3 cm³/mol. The second-order valence-corrected chi connectivity index (χ2v) is 6.72. The van der Waals surface area contributed by atoms with E-state index in [4.69, 9.17) is 4.74 Å². The minimum absolute atomic E-state index is 0.0676. The largest absolute Gasteiger partial charge is 0.496 e. The quantitative estimate of drug-likeness (QED) is 0.858. The molecule has 1 atom stereocenters. The zero-order valence-corrected chi connectivity index (χ0v) is 14.5. The van der Waals surface area contributed by atoms with Gasteiger partial charge in [0.1, 0.15) is 5.75 Å². The molecule has 2 N–H and O–H groups in total. The maximum Gasteiger partial charge on any atom is 0.317 e. The Morgan fingerprint density at radius 3 is 2.71 bits per heavy atom. The Morgan fingerprint density at radius 2 is 2.08 bits per heavy atom. The number of hydrogen-bond acceptors (Lipinski definition) is 4. The Bertz CT molecular complexity index is 585. The summed E-state index contributed by atoms with van der Waals surface area (Å²) in [5.74, 6) is 0.733. The number of piperidine rings is 1. The van der Waals surface area contributed by atoms with E-state index >= 15 is 0 Å². The summed E-state index contributed by atoms with van der Waals surface area (Å²) in [7, 11) is 1.63. The summed E-state index contributed by atoms with van der Waals surface area (Å²) in [4.78, 5) is 16.0. The fourth-order valence-electron chi connectivity index (χ4n) is 3.71. The second-order valence-electron chi connectivity index (χ2n) is 6.72. The van der Waals surface area contributed by atoms with E-state index in [0.717, 1.165) is 55.9 Å². The fraction of sp³-hybridized carbons (Fsp3) is 0.611. The minimum atomic E-state index is -0.563. The van der Waals surface area contributed by atoms with Gasteiger partial charge in [0, 0.05) is 44.3 Å². The summed E-state index contributed by atoms with van der Waals surface area (Å²) in [6.45, 7) is 5.98.